The first-order valence-electron chi connectivity index (χ1n) is 12.7. The number of nitrogens with one attached hydrogen (secondary N) is 2. The Morgan fingerprint density at radius 3 is 2.54 bits per heavy atom. The average Bonchev–Trinajstić information content (AvgIpc) is 3.32. The highest BCUT2D eigenvalue weighted by Crippen LogP contribution is 2.31. The van der Waals surface area contributed by atoms with Crippen molar-refractivity contribution in [2.24, 2.45) is 7.05 Å². The number of amides is 1. The molecule has 0 aliphatic carbocycles. The lowest BCUT2D eigenvalue weighted by Crippen LogP contribution is -2.31. The molecule has 1 aliphatic rings. The molecule has 5 rings (SSSR count). The van der Waals surface area contributed by atoms with Gasteiger partial charge in [-0.05, 0) is 54.8 Å². The number of rotatable bonds is 7. The summed E-state index contributed by atoms with van der Waals surface area (Å²) in [6.07, 6.45) is 0.874. The molecule has 214 valence electrons. The van der Waals surface area contributed by atoms with Crippen LogP contribution in [0.5, 0.6) is 5.88 Å². The lowest BCUT2D eigenvalue weighted by Gasteiger charge is -2.23. The number of anilines is 2. The lowest BCUT2D eigenvalue weighted by molar-refractivity contribution is 0.0977. The van der Waals surface area contributed by atoms with Crippen molar-refractivity contribution in [3.05, 3.63) is 86.6 Å². The number of aromatic nitrogens is 3. The van der Waals surface area contributed by atoms with Crippen molar-refractivity contribution < 1.29 is 22.3 Å². The minimum atomic E-state index is -3.85. The van der Waals surface area contributed by atoms with Gasteiger partial charge in [-0.2, -0.15) is 0 Å². The number of carbonyl (C=O) groups excluding carboxylic acids is 1. The van der Waals surface area contributed by atoms with Gasteiger partial charge in [0.25, 0.3) is 11.5 Å². The van der Waals surface area contributed by atoms with E-state index in [1.54, 1.807) is 31.3 Å². The van der Waals surface area contributed by atoms with Gasteiger partial charge in [-0.1, -0.05) is 12.1 Å². The third kappa shape index (κ3) is 5.57. The van der Waals surface area contributed by atoms with Crippen molar-refractivity contribution in [1.82, 2.24) is 19.3 Å². The molecule has 41 heavy (non-hydrogen) atoms. The van der Waals surface area contributed by atoms with Crippen LogP contribution < -0.4 is 25.2 Å². The molecule has 13 heteroatoms. The molecule has 1 atom stereocenters. The number of nitrogens with zero attached hydrogens (tertiary/aromatic N) is 4. The normalized spacial score (nSPS) is 13.7. The summed E-state index contributed by atoms with van der Waals surface area (Å²) in [4.78, 5) is 37.3. The van der Waals surface area contributed by atoms with Gasteiger partial charge in [0, 0.05) is 31.8 Å². The van der Waals surface area contributed by atoms with E-state index in [0.717, 1.165) is 22.9 Å². The Morgan fingerprint density at radius 2 is 1.83 bits per heavy atom. The Kier molecular flexibility index (Phi) is 7.15. The van der Waals surface area contributed by atoms with Crippen molar-refractivity contribution in [1.29, 1.82) is 0 Å². The SMILES string of the molecule is COc1ccc(N[C@H](C)c2cc(C)cc3c(=O)n(C)c(N4Cc5ccc(F)cc5C4)nc23)c(C(=O)NS(C)(=O)=O)n1. The minimum absolute atomic E-state index is 0.129. The maximum Gasteiger partial charge on any atom is 0.285 e. The number of aryl methyl sites for hydroxylation is 1. The fraction of sp³-hybridized carbons (Fsp3) is 0.286. The summed E-state index contributed by atoms with van der Waals surface area (Å²) < 4.78 is 45.8. The molecular weight excluding hydrogens is 551 g/mol. The summed E-state index contributed by atoms with van der Waals surface area (Å²) in [6.45, 7) is 4.59. The average molecular weight is 581 g/mol. The topological polar surface area (TPSA) is 136 Å². The third-order valence-corrected chi connectivity index (χ3v) is 7.47. The van der Waals surface area contributed by atoms with Crippen LogP contribution in [0.4, 0.5) is 16.0 Å². The van der Waals surface area contributed by atoms with Crippen molar-refractivity contribution in [3.63, 3.8) is 0 Å². The number of halogens is 1. The molecule has 2 aromatic heterocycles. The zero-order valence-corrected chi connectivity index (χ0v) is 24.0. The molecule has 0 unspecified atom stereocenters. The minimum Gasteiger partial charge on any atom is -0.481 e. The second kappa shape index (κ2) is 10.5. The highest BCUT2D eigenvalue weighted by Gasteiger charge is 2.26. The van der Waals surface area contributed by atoms with Crippen LogP contribution in [0.15, 0.2) is 47.3 Å². The molecule has 0 radical (unpaired) electrons. The predicted octanol–water partition coefficient (Wildman–Crippen LogP) is 3.17. The van der Waals surface area contributed by atoms with Gasteiger partial charge in [0.2, 0.25) is 21.9 Å². The number of methoxy groups -OCH3 is 1. The second-order valence-electron chi connectivity index (χ2n) is 10.1. The summed E-state index contributed by atoms with van der Waals surface area (Å²) in [7, 11) is -0.805. The van der Waals surface area contributed by atoms with Gasteiger partial charge in [0.1, 0.15) is 5.82 Å². The molecular formula is C28H29FN6O5S. The molecule has 2 aromatic carbocycles. The zero-order valence-electron chi connectivity index (χ0n) is 23.1. The fourth-order valence-corrected chi connectivity index (χ4v) is 5.46. The summed E-state index contributed by atoms with van der Waals surface area (Å²) in [6, 6.07) is 10.9. The number of ether oxygens (including phenoxy) is 1. The molecule has 2 N–H and O–H groups in total. The number of benzene rings is 2. The smallest absolute Gasteiger partial charge is 0.285 e. The molecule has 1 aliphatic heterocycles. The zero-order chi connectivity index (χ0) is 29.6. The predicted molar refractivity (Wildman–Crippen MR) is 153 cm³/mol. The van der Waals surface area contributed by atoms with E-state index in [1.807, 2.05) is 29.5 Å². The van der Waals surface area contributed by atoms with Crippen LogP contribution in [0.1, 0.15) is 45.7 Å². The molecule has 4 aromatic rings. The van der Waals surface area contributed by atoms with Gasteiger partial charge in [0.05, 0.1) is 36.0 Å². The van der Waals surface area contributed by atoms with E-state index in [4.69, 9.17) is 9.72 Å². The highest BCUT2D eigenvalue weighted by atomic mass is 32.2. The van der Waals surface area contributed by atoms with Gasteiger partial charge in [0.15, 0.2) is 5.69 Å². The van der Waals surface area contributed by atoms with Gasteiger partial charge in [-0.3, -0.25) is 14.2 Å². The monoisotopic (exact) mass is 580 g/mol. The summed E-state index contributed by atoms with van der Waals surface area (Å²) >= 11 is 0. The van der Waals surface area contributed by atoms with Crippen LogP contribution in [0.2, 0.25) is 0 Å². The van der Waals surface area contributed by atoms with E-state index in [2.05, 4.69) is 10.3 Å². The van der Waals surface area contributed by atoms with Crippen LogP contribution >= 0.6 is 0 Å². The molecule has 0 saturated heterocycles. The van der Waals surface area contributed by atoms with Crippen LogP contribution in [0.25, 0.3) is 10.9 Å². The Bertz CT molecular complexity index is 1870. The molecule has 0 saturated carbocycles. The van der Waals surface area contributed by atoms with E-state index < -0.39 is 22.0 Å². The standard InChI is InChI=1S/C28H29FN6O5S/c1-15-10-20(16(2)30-22-8-9-23(40-4)31-25(22)26(36)33-41(5,38)39)24-21(11-15)27(37)34(3)28(32-24)35-13-17-6-7-19(29)12-18(17)14-35/h6-12,16,30H,13-14H2,1-5H3,(H,33,36)/t16-/m1/s1. The van der Waals surface area contributed by atoms with Crippen molar-refractivity contribution >= 4 is 38.5 Å². The quantitative estimate of drug-likeness (QED) is 0.338. The summed E-state index contributed by atoms with van der Waals surface area (Å²) in [5.74, 6) is -0.671. The van der Waals surface area contributed by atoms with Crippen LogP contribution in [-0.4, -0.2) is 42.2 Å². The third-order valence-electron chi connectivity index (χ3n) is 6.91. The Morgan fingerprint density at radius 1 is 1.10 bits per heavy atom. The van der Waals surface area contributed by atoms with Crippen LogP contribution in [0, 0.1) is 12.7 Å². The lowest BCUT2D eigenvalue weighted by atomic mass is 10.0. The number of hydrogen-bond acceptors (Lipinski definition) is 9. The molecule has 0 fully saturated rings. The molecule has 1 amide bonds. The second-order valence-corrected chi connectivity index (χ2v) is 11.9. The number of hydrogen-bond donors (Lipinski definition) is 2. The largest absolute Gasteiger partial charge is 0.481 e. The fourth-order valence-electron chi connectivity index (χ4n) is 5.03. The molecule has 0 bridgehead atoms. The summed E-state index contributed by atoms with van der Waals surface area (Å²) in [5, 5.41) is 3.65. The maximum atomic E-state index is 13.8. The van der Waals surface area contributed by atoms with Gasteiger partial charge in [-0.15, -0.1) is 0 Å². The van der Waals surface area contributed by atoms with Crippen molar-refractivity contribution in [2.75, 3.05) is 23.6 Å². The first kappa shape index (κ1) is 28.0. The number of sulfonamides is 1. The first-order valence-corrected chi connectivity index (χ1v) is 14.6. The number of pyridine rings is 1. The van der Waals surface area contributed by atoms with E-state index >= 15 is 0 Å². The van der Waals surface area contributed by atoms with E-state index in [0.29, 0.717) is 35.5 Å². The van der Waals surface area contributed by atoms with Gasteiger partial charge in [-0.25, -0.2) is 27.5 Å². The Labute approximate surface area is 236 Å². The van der Waals surface area contributed by atoms with Gasteiger partial charge >= 0.3 is 0 Å². The highest BCUT2D eigenvalue weighted by molar-refractivity contribution is 7.89. The number of fused-ring (bicyclic) bond motifs is 2. The number of carbonyl (C=O) groups is 1. The first-order chi connectivity index (χ1) is 19.3. The van der Waals surface area contributed by atoms with Crippen LogP contribution in [0.3, 0.4) is 0 Å². The van der Waals surface area contributed by atoms with E-state index in [9.17, 15) is 22.4 Å². The van der Waals surface area contributed by atoms with E-state index in [-0.39, 0.29) is 28.6 Å². The Hall–Kier alpha value is -4.52. The molecule has 3 heterocycles. The summed E-state index contributed by atoms with van der Waals surface area (Å²) in [5.41, 5.74) is 3.65. The molecule has 11 nitrogen and oxygen atoms in total. The van der Waals surface area contributed by atoms with Gasteiger partial charge < -0.3 is 15.0 Å². The van der Waals surface area contributed by atoms with E-state index in [1.165, 1.54) is 23.8 Å². The van der Waals surface area contributed by atoms with Crippen molar-refractivity contribution in [3.8, 4) is 5.88 Å². The molecule has 0 spiro atoms. The van der Waals surface area contributed by atoms with Crippen LogP contribution in [-0.2, 0) is 30.2 Å². The Balaban J connectivity index is 1.57. The van der Waals surface area contributed by atoms with Crippen molar-refractivity contribution in [2.45, 2.75) is 33.0 Å². The maximum absolute atomic E-state index is 13.8.